The van der Waals surface area contributed by atoms with Gasteiger partial charge in [-0.05, 0) is 28.1 Å². The summed E-state index contributed by atoms with van der Waals surface area (Å²) in [5.74, 6) is 0. The van der Waals surface area contributed by atoms with Crippen LogP contribution < -0.4 is 10.5 Å². The van der Waals surface area contributed by atoms with Gasteiger partial charge in [-0.25, -0.2) is 18.1 Å². The van der Waals surface area contributed by atoms with Crippen molar-refractivity contribution in [3.8, 4) is 0 Å². The Kier molecular flexibility index (Phi) is 6.30. The fourth-order valence-electron chi connectivity index (χ4n) is 0.788. The van der Waals surface area contributed by atoms with Gasteiger partial charge in [0, 0.05) is 23.8 Å². The molecule has 0 saturated heterocycles. The summed E-state index contributed by atoms with van der Waals surface area (Å²) >= 11 is 3.17. The van der Waals surface area contributed by atoms with Gasteiger partial charge < -0.3 is 5.73 Å². The molecule has 0 radical (unpaired) electrons. The Hall–Kier alpha value is -0.210. The van der Waals surface area contributed by atoms with Crippen molar-refractivity contribution in [2.45, 2.75) is 5.03 Å². The van der Waals surface area contributed by atoms with Gasteiger partial charge in [-0.1, -0.05) is 0 Å². The molecule has 15 heavy (non-hydrogen) atoms. The van der Waals surface area contributed by atoms with Crippen molar-refractivity contribution in [1.82, 2.24) is 9.71 Å². The van der Waals surface area contributed by atoms with E-state index in [1.54, 1.807) is 6.07 Å². The maximum atomic E-state index is 11.5. The summed E-state index contributed by atoms with van der Waals surface area (Å²) in [7, 11) is -3.50. The average Bonchev–Trinajstić information content (AvgIpc) is 2.16. The number of aromatic nitrogens is 1. The van der Waals surface area contributed by atoms with Gasteiger partial charge in [-0.3, -0.25) is 0 Å². The van der Waals surface area contributed by atoms with Crippen LogP contribution in [0.2, 0.25) is 0 Å². The number of rotatable bonds is 4. The van der Waals surface area contributed by atoms with Crippen molar-refractivity contribution in [2.75, 3.05) is 13.1 Å². The maximum Gasteiger partial charge on any atom is 0.258 e. The third-order valence-electron chi connectivity index (χ3n) is 1.41. The van der Waals surface area contributed by atoms with Gasteiger partial charge in [0.15, 0.2) is 5.03 Å². The Balaban J connectivity index is 0.00000196. The highest BCUT2D eigenvalue weighted by Crippen LogP contribution is 2.10. The van der Waals surface area contributed by atoms with Gasteiger partial charge in [0.2, 0.25) is 0 Å². The summed E-state index contributed by atoms with van der Waals surface area (Å²) < 4.78 is 26.0. The first-order valence-electron chi connectivity index (χ1n) is 3.87. The molecule has 0 bridgehead atoms. The van der Waals surface area contributed by atoms with E-state index in [1.165, 1.54) is 12.3 Å². The molecule has 1 aromatic heterocycles. The van der Waals surface area contributed by atoms with E-state index in [0.29, 0.717) is 0 Å². The molecule has 5 nitrogen and oxygen atoms in total. The van der Waals surface area contributed by atoms with E-state index in [-0.39, 0.29) is 30.5 Å². The standard InChI is InChI=1S/C7H10BrN3O2S.ClH/c8-6-1-2-7(10-5-6)14(12,13)11-4-3-9;/h1-2,5,11H,3-4,9H2;1H. The molecule has 1 aromatic rings. The Labute approximate surface area is 103 Å². The molecular formula is C7H11BrClN3O2S. The van der Waals surface area contributed by atoms with E-state index >= 15 is 0 Å². The second-order valence-corrected chi connectivity index (χ2v) is 5.13. The molecule has 0 atom stereocenters. The van der Waals surface area contributed by atoms with Gasteiger partial charge in [0.25, 0.3) is 10.0 Å². The zero-order chi connectivity index (χ0) is 10.6. The molecule has 1 heterocycles. The number of nitrogens with one attached hydrogen (secondary N) is 1. The molecule has 0 unspecified atom stereocenters. The molecule has 3 N–H and O–H groups in total. The predicted octanol–water partition coefficient (Wildman–Crippen LogP) is 0.503. The van der Waals surface area contributed by atoms with Crippen LogP contribution in [0.15, 0.2) is 27.8 Å². The van der Waals surface area contributed by atoms with Crippen molar-refractivity contribution in [3.63, 3.8) is 0 Å². The van der Waals surface area contributed by atoms with E-state index in [2.05, 4.69) is 25.6 Å². The largest absolute Gasteiger partial charge is 0.329 e. The lowest BCUT2D eigenvalue weighted by molar-refractivity contribution is 0.578. The molecule has 0 spiro atoms. The van der Waals surface area contributed by atoms with Crippen LogP contribution in [-0.2, 0) is 10.0 Å². The second-order valence-electron chi connectivity index (χ2n) is 2.50. The normalized spacial score (nSPS) is 10.8. The molecule has 0 saturated carbocycles. The highest BCUT2D eigenvalue weighted by atomic mass is 79.9. The van der Waals surface area contributed by atoms with Crippen LogP contribution in [0.4, 0.5) is 0 Å². The number of nitrogens with zero attached hydrogens (tertiary/aromatic N) is 1. The number of halogens is 2. The molecule has 0 aliphatic heterocycles. The van der Waals surface area contributed by atoms with E-state index in [4.69, 9.17) is 5.73 Å². The molecule has 0 amide bonds. The lowest BCUT2D eigenvalue weighted by Gasteiger charge is -2.03. The van der Waals surface area contributed by atoms with Gasteiger partial charge in [-0.2, -0.15) is 0 Å². The Morgan fingerprint density at radius 3 is 2.60 bits per heavy atom. The number of hydrogen-bond donors (Lipinski definition) is 2. The zero-order valence-electron chi connectivity index (χ0n) is 7.68. The maximum absolute atomic E-state index is 11.5. The van der Waals surface area contributed by atoms with Gasteiger partial charge in [0.1, 0.15) is 0 Å². The topological polar surface area (TPSA) is 85.1 Å². The van der Waals surface area contributed by atoms with Crippen LogP contribution in [0.25, 0.3) is 0 Å². The van der Waals surface area contributed by atoms with Crippen LogP contribution in [-0.4, -0.2) is 26.5 Å². The minimum atomic E-state index is -3.50. The highest BCUT2D eigenvalue weighted by molar-refractivity contribution is 9.10. The first-order valence-corrected chi connectivity index (χ1v) is 6.15. The van der Waals surface area contributed by atoms with Crippen LogP contribution >= 0.6 is 28.3 Å². The van der Waals surface area contributed by atoms with Crippen molar-refractivity contribution < 1.29 is 8.42 Å². The zero-order valence-corrected chi connectivity index (χ0v) is 10.9. The Morgan fingerprint density at radius 1 is 1.47 bits per heavy atom. The van der Waals surface area contributed by atoms with Crippen molar-refractivity contribution in [2.24, 2.45) is 5.73 Å². The average molecular weight is 317 g/mol. The molecule has 0 aliphatic carbocycles. The minimum absolute atomic E-state index is 0. The van der Waals surface area contributed by atoms with E-state index < -0.39 is 10.0 Å². The lowest BCUT2D eigenvalue weighted by Crippen LogP contribution is -2.29. The monoisotopic (exact) mass is 315 g/mol. The number of hydrogen-bond acceptors (Lipinski definition) is 4. The van der Waals surface area contributed by atoms with Gasteiger partial charge in [-0.15, -0.1) is 12.4 Å². The molecule has 0 fully saturated rings. The number of nitrogens with two attached hydrogens (primary N) is 1. The van der Waals surface area contributed by atoms with Crippen molar-refractivity contribution >= 4 is 38.4 Å². The first-order chi connectivity index (χ1) is 6.56. The Bertz CT molecular complexity index is 395. The third-order valence-corrected chi connectivity index (χ3v) is 3.26. The first kappa shape index (κ1) is 14.8. The summed E-state index contributed by atoms with van der Waals surface area (Å²) in [6.07, 6.45) is 1.43. The highest BCUT2D eigenvalue weighted by Gasteiger charge is 2.13. The van der Waals surface area contributed by atoms with Crippen LogP contribution in [0.1, 0.15) is 0 Å². The van der Waals surface area contributed by atoms with E-state index in [9.17, 15) is 8.42 Å². The summed E-state index contributed by atoms with van der Waals surface area (Å²) in [6.45, 7) is 0.468. The van der Waals surface area contributed by atoms with Crippen molar-refractivity contribution in [3.05, 3.63) is 22.8 Å². The SMILES string of the molecule is Cl.NCCNS(=O)(=O)c1ccc(Br)cn1. The molecule has 0 aliphatic rings. The van der Waals surface area contributed by atoms with E-state index in [0.717, 1.165) is 4.47 Å². The lowest BCUT2D eigenvalue weighted by atomic mass is 10.5. The summed E-state index contributed by atoms with van der Waals surface area (Å²) in [6, 6.07) is 3.03. The Morgan fingerprint density at radius 2 is 2.13 bits per heavy atom. The molecular weight excluding hydrogens is 306 g/mol. The minimum Gasteiger partial charge on any atom is -0.329 e. The molecule has 8 heteroatoms. The van der Waals surface area contributed by atoms with Crippen molar-refractivity contribution in [1.29, 1.82) is 0 Å². The molecule has 86 valence electrons. The van der Waals surface area contributed by atoms with Crippen LogP contribution in [0.5, 0.6) is 0 Å². The second kappa shape index (κ2) is 6.39. The van der Waals surface area contributed by atoms with Crippen LogP contribution in [0, 0.1) is 0 Å². The smallest absolute Gasteiger partial charge is 0.258 e. The van der Waals surface area contributed by atoms with Crippen LogP contribution in [0.3, 0.4) is 0 Å². The third kappa shape index (κ3) is 4.43. The predicted molar refractivity (Wildman–Crippen MR) is 63.4 cm³/mol. The molecule has 0 aromatic carbocycles. The summed E-state index contributed by atoms with van der Waals surface area (Å²) in [4.78, 5) is 3.76. The molecule has 1 rings (SSSR count). The fourth-order valence-corrected chi connectivity index (χ4v) is 2.00. The number of sulfonamides is 1. The summed E-state index contributed by atoms with van der Waals surface area (Å²) in [5.41, 5.74) is 5.18. The van der Waals surface area contributed by atoms with Gasteiger partial charge in [0.05, 0.1) is 0 Å². The fraction of sp³-hybridized carbons (Fsp3) is 0.286. The van der Waals surface area contributed by atoms with Gasteiger partial charge >= 0.3 is 0 Å². The quantitative estimate of drug-likeness (QED) is 0.847. The van der Waals surface area contributed by atoms with E-state index in [1.807, 2.05) is 0 Å². The summed E-state index contributed by atoms with van der Waals surface area (Å²) in [5, 5.41) is -0.00542. The number of pyridine rings is 1.